The number of allylic oxidation sites excluding steroid dienone is 2. The Hall–Kier alpha value is -3.75. The van der Waals surface area contributed by atoms with Gasteiger partial charge in [0.05, 0.1) is 11.1 Å². The zero-order chi connectivity index (χ0) is 25.2. The van der Waals surface area contributed by atoms with Crippen molar-refractivity contribution in [3.8, 4) is 5.75 Å². The number of ether oxygens (including phenoxy) is 1. The Bertz CT molecular complexity index is 1300. The van der Waals surface area contributed by atoms with Crippen molar-refractivity contribution in [3.63, 3.8) is 0 Å². The summed E-state index contributed by atoms with van der Waals surface area (Å²) in [5, 5.41) is 9.32. The van der Waals surface area contributed by atoms with Gasteiger partial charge in [-0.05, 0) is 78.8 Å². The van der Waals surface area contributed by atoms with Crippen molar-refractivity contribution in [2.45, 2.75) is 38.5 Å². The van der Waals surface area contributed by atoms with E-state index >= 15 is 0 Å². The van der Waals surface area contributed by atoms with Gasteiger partial charge in [-0.25, -0.2) is 13.6 Å². The Morgan fingerprint density at radius 2 is 1.71 bits per heavy atom. The van der Waals surface area contributed by atoms with Gasteiger partial charge in [0, 0.05) is 29.6 Å². The molecule has 2 aromatic carbocycles. The lowest BCUT2D eigenvalue weighted by Gasteiger charge is -2.24. The molecule has 3 aromatic rings. The number of hydrogen-bond acceptors (Lipinski definition) is 3. The highest BCUT2D eigenvalue weighted by Gasteiger charge is 2.32. The molecule has 35 heavy (non-hydrogen) atoms. The van der Waals surface area contributed by atoms with Gasteiger partial charge in [0.1, 0.15) is 24.0 Å². The van der Waals surface area contributed by atoms with Crippen LogP contribution in [0.3, 0.4) is 0 Å². The van der Waals surface area contributed by atoms with Gasteiger partial charge in [0.25, 0.3) is 0 Å². The lowest BCUT2D eigenvalue weighted by molar-refractivity contribution is -0.137. The standard InChI is InChI=1S/C26H20F5NO3/c27-19-7-5-15(23(28)11-19)14-35-24-8-6-18(26(29,30)31)10-22(24)21-4-2-1-3-20(21)16-9-17(25(33)34)13-32-12-16/h5-13H,1-4,14H2,(H,33,34). The molecular formula is C26H20F5NO3. The van der Waals surface area contributed by atoms with Gasteiger partial charge >= 0.3 is 12.1 Å². The van der Waals surface area contributed by atoms with Crippen LogP contribution < -0.4 is 4.74 Å². The number of carboxylic acid groups (broad SMARTS) is 1. The molecule has 1 N–H and O–H groups in total. The molecular weight excluding hydrogens is 469 g/mol. The van der Waals surface area contributed by atoms with Gasteiger partial charge in [-0.3, -0.25) is 4.98 Å². The highest BCUT2D eigenvalue weighted by molar-refractivity contribution is 5.95. The smallest absolute Gasteiger partial charge is 0.416 e. The molecule has 0 fully saturated rings. The van der Waals surface area contributed by atoms with Crippen molar-refractivity contribution in [2.75, 3.05) is 0 Å². The van der Waals surface area contributed by atoms with Crippen LogP contribution in [0, 0.1) is 11.6 Å². The van der Waals surface area contributed by atoms with Gasteiger partial charge in [0.2, 0.25) is 0 Å². The Morgan fingerprint density at radius 1 is 0.971 bits per heavy atom. The molecule has 1 aliphatic carbocycles. The highest BCUT2D eigenvalue weighted by Crippen LogP contribution is 2.43. The third-order valence-electron chi connectivity index (χ3n) is 5.83. The van der Waals surface area contributed by atoms with Crippen LogP contribution in [-0.4, -0.2) is 16.1 Å². The molecule has 0 amide bonds. The molecule has 1 aromatic heterocycles. The predicted octanol–water partition coefficient (Wildman–Crippen LogP) is 7.14. The molecule has 0 saturated carbocycles. The van der Waals surface area contributed by atoms with E-state index in [-0.39, 0.29) is 29.0 Å². The number of aromatic carboxylic acids is 1. The summed E-state index contributed by atoms with van der Waals surface area (Å²) < 4.78 is 73.7. The fraction of sp³-hybridized carbons (Fsp3) is 0.231. The second kappa shape index (κ2) is 9.85. The van der Waals surface area contributed by atoms with E-state index in [1.807, 2.05) is 0 Å². The van der Waals surface area contributed by atoms with E-state index in [0.29, 0.717) is 42.0 Å². The van der Waals surface area contributed by atoms with E-state index < -0.39 is 29.3 Å². The van der Waals surface area contributed by atoms with Crippen molar-refractivity contribution in [2.24, 2.45) is 0 Å². The van der Waals surface area contributed by atoms with Crippen LogP contribution in [-0.2, 0) is 12.8 Å². The average molecular weight is 489 g/mol. The largest absolute Gasteiger partial charge is 0.488 e. The van der Waals surface area contributed by atoms with Crippen LogP contribution in [0.4, 0.5) is 22.0 Å². The number of carbonyl (C=O) groups is 1. The topological polar surface area (TPSA) is 59.4 Å². The molecule has 1 heterocycles. The van der Waals surface area contributed by atoms with Crippen molar-refractivity contribution >= 4 is 17.1 Å². The van der Waals surface area contributed by atoms with Crippen molar-refractivity contribution in [1.29, 1.82) is 0 Å². The molecule has 0 atom stereocenters. The first-order valence-corrected chi connectivity index (χ1v) is 10.8. The van der Waals surface area contributed by atoms with Gasteiger partial charge in [-0.1, -0.05) is 0 Å². The summed E-state index contributed by atoms with van der Waals surface area (Å²) in [6, 6.07) is 7.49. The molecule has 0 spiro atoms. The maximum Gasteiger partial charge on any atom is 0.416 e. The fourth-order valence-corrected chi connectivity index (χ4v) is 4.11. The molecule has 4 nitrogen and oxygen atoms in total. The maximum atomic E-state index is 14.1. The molecule has 0 saturated heterocycles. The lowest BCUT2D eigenvalue weighted by atomic mass is 9.83. The van der Waals surface area contributed by atoms with Gasteiger partial charge in [0.15, 0.2) is 0 Å². The zero-order valence-electron chi connectivity index (χ0n) is 18.3. The quantitative estimate of drug-likeness (QED) is 0.374. The van der Waals surface area contributed by atoms with Crippen LogP contribution in [0.15, 0.2) is 54.9 Å². The molecule has 0 bridgehead atoms. The first-order valence-electron chi connectivity index (χ1n) is 10.8. The Labute approximate surface area is 197 Å². The number of nitrogens with zero attached hydrogens (tertiary/aromatic N) is 1. The lowest BCUT2D eigenvalue weighted by Crippen LogP contribution is -2.09. The summed E-state index contributed by atoms with van der Waals surface area (Å²) >= 11 is 0. The maximum absolute atomic E-state index is 14.1. The molecule has 9 heteroatoms. The minimum absolute atomic E-state index is 0.0350. The number of hydrogen-bond donors (Lipinski definition) is 1. The second-order valence-corrected chi connectivity index (χ2v) is 8.16. The van der Waals surface area contributed by atoms with Crippen LogP contribution >= 0.6 is 0 Å². The SMILES string of the molecule is O=C(O)c1cncc(C2=C(c3cc(C(F)(F)F)ccc3OCc3ccc(F)cc3F)CCCC2)c1. The van der Waals surface area contributed by atoms with Gasteiger partial charge < -0.3 is 9.84 Å². The van der Waals surface area contributed by atoms with Crippen LogP contribution in [0.2, 0.25) is 0 Å². The Kier molecular flexibility index (Phi) is 6.86. The first kappa shape index (κ1) is 24.4. The average Bonchev–Trinajstić information content (AvgIpc) is 2.83. The number of pyridine rings is 1. The number of rotatable bonds is 6. The van der Waals surface area contributed by atoms with E-state index in [9.17, 15) is 31.9 Å². The summed E-state index contributed by atoms with van der Waals surface area (Å²) in [4.78, 5) is 15.4. The van der Waals surface area contributed by atoms with E-state index in [2.05, 4.69) is 4.98 Å². The van der Waals surface area contributed by atoms with Crippen molar-refractivity contribution in [3.05, 3.63) is 94.3 Å². The van der Waals surface area contributed by atoms with Crippen LogP contribution in [0.25, 0.3) is 11.1 Å². The zero-order valence-corrected chi connectivity index (χ0v) is 18.3. The number of carboxylic acids is 1. The molecule has 0 aliphatic heterocycles. The van der Waals surface area contributed by atoms with Crippen LogP contribution in [0.5, 0.6) is 5.75 Å². The Balaban J connectivity index is 1.81. The molecule has 4 rings (SSSR count). The van der Waals surface area contributed by atoms with Crippen molar-refractivity contribution < 1.29 is 36.6 Å². The van der Waals surface area contributed by atoms with E-state index in [1.54, 1.807) is 0 Å². The fourth-order valence-electron chi connectivity index (χ4n) is 4.11. The highest BCUT2D eigenvalue weighted by atomic mass is 19.4. The van der Waals surface area contributed by atoms with E-state index in [4.69, 9.17) is 4.74 Å². The summed E-state index contributed by atoms with van der Waals surface area (Å²) in [6.07, 6.45) is 0.521. The van der Waals surface area contributed by atoms with Crippen molar-refractivity contribution in [1.82, 2.24) is 4.98 Å². The van der Waals surface area contributed by atoms with E-state index in [0.717, 1.165) is 24.6 Å². The third-order valence-corrected chi connectivity index (χ3v) is 5.83. The van der Waals surface area contributed by atoms with Gasteiger partial charge in [-0.2, -0.15) is 13.2 Å². The molecule has 0 radical (unpaired) electrons. The summed E-state index contributed by atoms with van der Waals surface area (Å²) in [5.74, 6) is -2.64. The van der Waals surface area contributed by atoms with E-state index in [1.165, 1.54) is 30.6 Å². The monoisotopic (exact) mass is 489 g/mol. The Morgan fingerprint density at radius 3 is 2.40 bits per heavy atom. The van der Waals surface area contributed by atoms with Gasteiger partial charge in [-0.15, -0.1) is 0 Å². The summed E-state index contributed by atoms with van der Waals surface area (Å²) in [5.41, 5.74) is 1.11. The molecule has 182 valence electrons. The number of benzene rings is 2. The normalized spacial score (nSPS) is 14.2. The second-order valence-electron chi connectivity index (χ2n) is 8.16. The number of halogens is 5. The predicted molar refractivity (Wildman–Crippen MR) is 119 cm³/mol. The number of alkyl halides is 3. The first-order chi connectivity index (χ1) is 16.6. The summed E-state index contributed by atoms with van der Waals surface area (Å²) in [6.45, 7) is -0.316. The third kappa shape index (κ3) is 5.50. The minimum atomic E-state index is -4.60. The minimum Gasteiger partial charge on any atom is -0.488 e. The molecule has 1 aliphatic rings. The summed E-state index contributed by atoms with van der Waals surface area (Å²) in [7, 11) is 0. The molecule has 0 unspecified atom stereocenters. The van der Waals surface area contributed by atoms with Crippen LogP contribution in [0.1, 0.15) is 58.3 Å². The number of aromatic nitrogens is 1.